The van der Waals surface area contributed by atoms with Gasteiger partial charge >= 0.3 is 0 Å². The molecule has 2 fully saturated rings. The highest BCUT2D eigenvalue weighted by molar-refractivity contribution is 5.82. The number of carbonyl (C=O) groups excluding carboxylic acids is 1. The summed E-state index contributed by atoms with van der Waals surface area (Å²) in [5.41, 5.74) is -0.675. The fraction of sp³-hybridized carbons (Fsp3) is 0.929. The number of nitrogens with zero attached hydrogens (tertiary/aromatic N) is 1. The molecule has 0 aromatic carbocycles. The number of aliphatic hydroxyl groups is 1. The van der Waals surface area contributed by atoms with E-state index in [1.807, 2.05) is 6.92 Å². The average molecular weight is 285 g/mol. The molecule has 20 heavy (non-hydrogen) atoms. The summed E-state index contributed by atoms with van der Waals surface area (Å²) in [5, 5.41) is 16.8. The number of morpholine rings is 1. The second kappa shape index (κ2) is 7.36. The number of amides is 1. The highest BCUT2D eigenvalue weighted by atomic mass is 16.5. The van der Waals surface area contributed by atoms with Gasteiger partial charge in [0.2, 0.25) is 5.91 Å². The number of nitrogens with one attached hydrogen (secondary N) is 2. The molecule has 0 radical (unpaired) electrons. The molecule has 2 rings (SSSR count). The number of rotatable bonds is 5. The Morgan fingerprint density at radius 3 is 2.95 bits per heavy atom. The molecule has 2 aliphatic rings. The van der Waals surface area contributed by atoms with Crippen molar-refractivity contribution in [3.63, 3.8) is 0 Å². The summed E-state index contributed by atoms with van der Waals surface area (Å²) in [6, 6.07) is -0.269. The molecule has 1 unspecified atom stereocenters. The average Bonchev–Trinajstić information content (AvgIpc) is 2.45. The van der Waals surface area contributed by atoms with Crippen LogP contribution in [0.4, 0.5) is 0 Å². The van der Waals surface area contributed by atoms with E-state index in [4.69, 9.17) is 4.74 Å². The highest BCUT2D eigenvalue weighted by Gasteiger charge is 2.37. The Labute approximate surface area is 120 Å². The Morgan fingerprint density at radius 2 is 2.25 bits per heavy atom. The molecule has 0 aromatic heterocycles. The summed E-state index contributed by atoms with van der Waals surface area (Å²) >= 11 is 0. The maximum absolute atomic E-state index is 12.2. The minimum absolute atomic E-state index is 0.0177. The lowest BCUT2D eigenvalue weighted by Gasteiger charge is -2.41. The SMILES string of the molecule is CCCNC(=O)C1COCCN1CC1(O)CCNCC1. The Bertz CT molecular complexity index is 319. The lowest BCUT2D eigenvalue weighted by Crippen LogP contribution is -2.59. The first-order valence-electron chi connectivity index (χ1n) is 7.67. The molecule has 116 valence electrons. The quantitative estimate of drug-likeness (QED) is 0.625. The van der Waals surface area contributed by atoms with Gasteiger partial charge in [0.1, 0.15) is 6.04 Å². The van der Waals surface area contributed by atoms with Crippen LogP contribution in [0.2, 0.25) is 0 Å². The predicted octanol–water partition coefficient (Wildman–Crippen LogP) is -0.672. The fourth-order valence-corrected chi connectivity index (χ4v) is 2.86. The summed E-state index contributed by atoms with van der Waals surface area (Å²) in [6.07, 6.45) is 2.41. The van der Waals surface area contributed by atoms with E-state index >= 15 is 0 Å². The zero-order valence-corrected chi connectivity index (χ0v) is 12.4. The predicted molar refractivity (Wildman–Crippen MR) is 76.5 cm³/mol. The van der Waals surface area contributed by atoms with E-state index in [0.29, 0.717) is 32.8 Å². The van der Waals surface area contributed by atoms with Crippen molar-refractivity contribution in [3.05, 3.63) is 0 Å². The van der Waals surface area contributed by atoms with E-state index in [0.717, 1.165) is 32.4 Å². The van der Waals surface area contributed by atoms with Crippen molar-refractivity contribution in [2.45, 2.75) is 37.8 Å². The lowest BCUT2D eigenvalue weighted by molar-refractivity contribution is -0.136. The number of piperidine rings is 1. The standard InChI is InChI=1S/C14H27N3O3/c1-2-5-16-13(18)12-10-20-9-8-17(12)11-14(19)3-6-15-7-4-14/h12,15,19H,2-11H2,1H3,(H,16,18). The van der Waals surface area contributed by atoms with Crippen LogP contribution < -0.4 is 10.6 Å². The van der Waals surface area contributed by atoms with Crippen LogP contribution in [0.1, 0.15) is 26.2 Å². The maximum Gasteiger partial charge on any atom is 0.239 e. The minimum Gasteiger partial charge on any atom is -0.388 e. The van der Waals surface area contributed by atoms with Crippen molar-refractivity contribution in [1.29, 1.82) is 0 Å². The molecule has 0 aliphatic carbocycles. The van der Waals surface area contributed by atoms with Crippen LogP contribution >= 0.6 is 0 Å². The van der Waals surface area contributed by atoms with E-state index in [1.54, 1.807) is 0 Å². The van der Waals surface area contributed by atoms with Crippen molar-refractivity contribution in [1.82, 2.24) is 15.5 Å². The fourth-order valence-electron chi connectivity index (χ4n) is 2.86. The van der Waals surface area contributed by atoms with E-state index in [2.05, 4.69) is 15.5 Å². The van der Waals surface area contributed by atoms with Gasteiger partial charge in [-0.15, -0.1) is 0 Å². The van der Waals surface area contributed by atoms with E-state index in [9.17, 15) is 9.90 Å². The molecule has 3 N–H and O–H groups in total. The largest absolute Gasteiger partial charge is 0.388 e. The summed E-state index contributed by atoms with van der Waals surface area (Å²) in [5.74, 6) is 0.0177. The monoisotopic (exact) mass is 285 g/mol. The van der Waals surface area contributed by atoms with E-state index in [1.165, 1.54) is 0 Å². The summed E-state index contributed by atoms with van der Waals surface area (Å²) in [4.78, 5) is 14.3. The first-order chi connectivity index (χ1) is 9.64. The van der Waals surface area contributed by atoms with Crippen molar-refractivity contribution >= 4 is 5.91 Å². The molecule has 1 amide bonds. The molecule has 2 saturated heterocycles. The number of hydrogen-bond acceptors (Lipinski definition) is 5. The Balaban J connectivity index is 1.93. The Kier molecular flexibility index (Phi) is 5.77. The van der Waals surface area contributed by atoms with Crippen LogP contribution in [0.5, 0.6) is 0 Å². The second-order valence-electron chi connectivity index (χ2n) is 5.83. The third-order valence-corrected chi connectivity index (χ3v) is 4.12. The van der Waals surface area contributed by atoms with E-state index < -0.39 is 5.60 Å². The third-order valence-electron chi connectivity index (χ3n) is 4.12. The molecule has 0 bridgehead atoms. The van der Waals surface area contributed by atoms with Gasteiger partial charge < -0.3 is 20.5 Å². The van der Waals surface area contributed by atoms with Gasteiger partial charge in [-0.25, -0.2) is 0 Å². The molecule has 0 spiro atoms. The molecule has 6 nitrogen and oxygen atoms in total. The Hall–Kier alpha value is -0.690. The van der Waals surface area contributed by atoms with Crippen LogP contribution in [0.3, 0.4) is 0 Å². The first-order valence-corrected chi connectivity index (χ1v) is 7.67. The summed E-state index contributed by atoms with van der Waals surface area (Å²) in [6.45, 7) is 6.73. The van der Waals surface area contributed by atoms with Crippen molar-refractivity contribution in [3.8, 4) is 0 Å². The lowest BCUT2D eigenvalue weighted by atomic mass is 9.91. The number of hydrogen-bond donors (Lipinski definition) is 3. The van der Waals surface area contributed by atoms with Gasteiger partial charge in [-0.05, 0) is 32.4 Å². The van der Waals surface area contributed by atoms with Crippen LogP contribution in [-0.2, 0) is 9.53 Å². The summed E-state index contributed by atoms with van der Waals surface area (Å²) in [7, 11) is 0. The van der Waals surface area contributed by atoms with Gasteiger partial charge in [0.05, 0.1) is 18.8 Å². The van der Waals surface area contributed by atoms with Gasteiger partial charge in [-0.3, -0.25) is 9.69 Å². The molecular weight excluding hydrogens is 258 g/mol. The smallest absolute Gasteiger partial charge is 0.239 e. The highest BCUT2D eigenvalue weighted by Crippen LogP contribution is 2.21. The van der Waals surface area contributed by atoms with Crippen molar-refractivity contribution < 1.29 is 14.6 Å². The topological polar surface area (TPSA) is 73.8 Å². The second-order valence-corrected chi connectivity index (χ2v) is 5.83. The summed E-state index contributed by atoms with van der Waals surface area (Å²) < 4.78 is 5.44. The number of carbonyl (C=O) groups is 1. The van der Waals surface area contributed by atoms with Gasteiger partial charge in [-0.1, -0.05) is 6.92 Å². The van der Waals surface area contributed by atoms with Gasteiger partial charge in [0.25, 0.3) is 0 Å². The molecule has 2 aliphatic heterocycles. The van der Waals surface area contributed by atoms with Crippen LogP contribution in [0.15, 0.2) is 0 Å². The normalized spacial score (nSPS) is 27.2. The molecule has 1 atom stereocenters. The van der Waals surface area contributed by atoms with Crippen molar-refractivity contribution in [2.75, 3.05) is 45.9 Å². The molecule has 0 aromatic rings. The molecule has 6 heteroatoms. The zero-order chi connectivity index (χ0) is 14.4. The zero-order valence-electron chi connectivity index (χ0n) is 12.4. The molecule has 0 saturated carbocycles. The third kappa shape index (κ3) is 4.15. The van der Waals surface area contributed by atoms with Crippen molar-refractivity contribution in [2.24, 2.45) is 0 Å². The number of β-amino-alcohol motifs (C(OH)–C–C–N with tert-alkyl or cyclic N) is 1. The van der Waals surface area contributed by atoms with Crippen LogP contribution in [-0.4, -0.2) is 73.5 Å². The number of ether oxygens (including phenoxy) is 1. The van der Waals surface area contributed by atoms with Crippen LogP contribution in [0, 0.1) is 0 Å². The molecular formula is C14H27N3O3. The maximum atomic E-state index is 12.2. The van der Waals surface area contributed by atoms with E-state index in [-0.39, 0.29) is 11.9 Å². The molecule has 2 heterocycles. The minimum atomic E-state index is -0.675. The van der Waals surface area contributed by atoms with Gasteiger partial charge in [0.15, 0.2) is 0 Å². The Morgan fingerprint density at radius 1 is 1.50 bits per heavy atom. The van der Waals surface area contributed by atoms with Gasteiger partial charge in [-0.2, -0.15) is 0 Å². The van der Waals surface area contributed by atoms with Crippen LogP contribution in [0.25, 0.3) is 0 Å². The van der Waals surface area contributed by atoms with Gasteiger partial charge in [0, 0.05) is 19.6 Å². The first kappa shape index (κ1) is 15.7.